The molecule has 2 heterocycles. The van der Waals surface area contributed by atoms with E-state index in [1.165, 1.54) is 0 Å². The van der Waals surface area contributed by atoms with Crippen molar-refractivity contribution in [3.8, 4) is 0 Å². The largest absolute Gasteiger partial charge is 0.352 e. The Bertz CT molecular complexity index is 324. The molecule has 2 rings (SSSR count). The van der Waals surface area contributed by atoms with Gasteiger partial charge in [-0.1, -0.05) is 0 Å². The maximum absolute atomic E-state index is 12.1. The Morgan fingerprint density at radius 1 is 1.33 bits per heavy atom. The zero-order valence-electron chi connectivity index (χ0n) is 11.2. The fourth-order valence-corrected chi connectivity index (χ4v) is 2.88. The fraction of sp³-hybridized carbons (Fsp3) is 0.846. The number of rotatable bonds is 3. The van der Waals surface area contributed by atoms with Gasteiger partial charge in [0.25, 0.3) is 0 Å². The van der Waals surface area contributed by atoms with Crippen LogP contribution in [-0.2, 0) is 9.59 Å². The maximum atomic E-state index is 12.1. The van der Waals surface area contributed by atoms with Gasteiger partial charge in [0.2, 0.25) is 11.8 Å². The summed E-state index contributed by atoms with van der Waals surface area (Å²) in [6.45, 7) is 5.77. The molecule has 5 heteroatoms. The molecule has 0 radical (unpaired) electrons. The molecule has 0 aliphatic carbocycles. The number of likely N-dealkylation sites (tertiary alicyclic amines) is 1. The summed E-state index contributed by atoms with van der Waals surface area (Å²) in [5.41, 5.74) is 0. The van der Waals surface area contributed by atoms with E-state index in [0.717, 1.165) is 25.9 Å². The topological polar surface area (TPSA) is 61.4 Å². The second-order valence-corrected chi connectivity index (χ2v) is 5.50. The molecule has 1 atom stereocenters. The van der Waals surface area contributed by atoms with Gasteiger partial charge in [0.05, 0.1) is 0 Å². The SMILES string of the molecule is CC(C)NC(=O)C1CCC(=O)N1C1CCNCC1. The number of amides is 2. The number of carbonyl (C=O) groups is 2. The number of carbonyl (C=O) groups excluding carboxylic acids is 2. The van der Waals surface area contributed by atoms with Crippen LogP contribution in [0, 0.1) is 0 Å². The molecule has 18 heavy (non-hydrogen) atoms. The van der Waals surface area contributed by atoms with Crippen LogP contribution >= 0.6 is 0 Å². The standard InChI is InChI=1S/C13H23N3O2/c1-9(2)15-13(18)11-3-4-12(17)16(11)10-5-7-14-8-6-10/h9-11,14H,3-8H2,1-2H3,(H,15,18). The summed E-state index contributed by atoms with van der Waals surface area (Å²) in [7, 11) is 0. The smallest absolute Gasteiger partial charge is 0.243 e. The highest BCUT2D eigenvalue weighted by molar-refractivity contribution is 5.91. The number of hydrogen-bond donors (Lipinski definition) is 2. The van der Waals surface area contributed by atoms with E-state index >= 15 is 0 Å². The highest BCUT2D eigenvalue weighted by Gasteiger charge is 2.40. The van der Waals surface area contributed by atoms with Crippen molar-refractivity contribution in [2.24, 2.45) is 0 Å². The number of nitrogens with one attached hydrogen (secondary N) is 2. The minimum atomic E-state index is -0.247. The van der Waals surface area contributed by atoms with Crippen LogP contribution in [0.3, 0.4) is 0 Å². The maximum Gasteiger partial charge on any atom is 0.243 e. The van der Waals surface area contributed by atoms with Gasteiger partial charge < -0.3 is 15.5 Å². The molecule has 2 aliphatic rings. The van der Waals surface area contributed by atoms with Crippen molar-refractivity contribution in [3.63, 3.8) is 0 Å². The first-order valence-corrected chi connectivity index (χ1v) is 6.92. The first-order valence-electron chi connectivity index (χ1n) is 6.92. The van der Waals surface area contributed by atoms with Gasteiger partial charge in [0, 0.05) is 18.5 Å². The minimum Gasteiger partial charge on any atom is -0.352 e. The van der Waals surface area contributed by atoms with E-state index in [4.69, 9.17) is 0 Å². The lowest BCUT2D eigenvalue weighted by molar-refractivity contribution is -0.138. The first-order chi connectivity index (χ1) is 8.59. The molecule has 1 unspecified atom stereocenters. The van der Waals surface area contributed by atoms with Crippen LogP contribution in [0.2, 0.25) is 0 Å². The van der Waals surface area contributed by atoms with Gasteiger partial charge in [-0.05, 0) is 46.2 Å². The van der Waals surface area contributed by atoms with Gasteiger partial charge in [-0.25, -0.2) is 0 Å². The van der Waals surface area contributed by atoms with Crippen LogP contribution in [0.5, 0.6) is 0 Å². The summed E-state index contributed by atoms with van der Waals surface area (Å²) in [4.78, 5) is 26.0. The Labute approximate surface area is 108 Å². The molecule has 2 aliphatic heterocycles. The van der Waals surface area contributed by atoms with Crippen LogP contribution in [0.4, 0.5) is 0 Å². The second kappa shape index (κ2) is 5.69. The molecular formula is C13H23N3O2. The van der Waals surface area contributed by atoms with Crippen LogP contribution < -0.4 is 10.6 Å². The summed E-state index contributed by atoms with van der Waals surface area (Å²) < 4.78 is 0. The average Bonchev–Trinajstić information content (AvgIpc) is 2.71. The van der Waals surface area contributed by atoms with Gasteiger partial charge >= 0.3 is 0 Å². The number of nitrogens with zero attached hydrogens (tertiary/aromatic N) is 1. The van der Waals surface area contributed by atoms with Crippen LogP contribution in [0.1, 0.15) is 39.5 Å². The van der Waals surface area contributed by atoms with E-state index in [-0.39, 0.29) is 29.9 Å². The zero-order valence-corrected chi connectivity index (χ0v) is 11.2. The lowest BCUT2D eigenvalue weighted by Gasteiger charge is -2.35. The van der Waals surface area contributed by atoms with Crippen molar-refractivity contribution in [1.29, 1.82) is 0 Å². The molecule has 0 spiro atoms. The van der Waals surface area contributed by atoms with Crippen LogP contribution in [-0.4, -0.2) is 47.9 Å². The van der Waals surface area contributed by atoms with Gasteiger partial charge in [0.1, 0.15) is 6.04 Å². The Hall–Kier alpha value is -1.10. The summed E-state index contributed by atoms with van der Waals surface area (Å²) in [5.74, 6) is 0.153. The zero-order chi connectivity index (χ0) is 13.1. The Morgan fingerprint density at radius 3 is 2.61 bits per heavy atom. The van der Waals surface area contributed by atoms with E-state index in [2.05, 4.69) is 10.6 Å². The highest BCUT2D eigenvalue weighted by Crippen LogP contribution is 2.25. The predicted molar refractivity (Wildman–Crippen MR) is 69.0 cm³/mol. The molecule has 0 bridgehead atoms. The molecular weight excluding hydrogens is 230 g/mol. The summed E-state index contributed by atoms with van der Waals surface area (Å²) >= 11 is 0. The monoisotopic (exact) mass is 253 g/mol. The van der Waals surface area contributed by atoms with E-state index in [1.54, 1.807) is 0 Å². The highest BCUT2D eigenvalue weighted by atomic mass is 16.2. The van der Waals surface area contributed by atoms with Crippen LogP contribution in [0.25, 0.3) is 0 Å². The molecule has 2 N–H and O–H groups in total. The third-order valence-corrected chi connectivity index (χ3v) is 3.69. The predicted octanol–water partition coefficient (Wildman–Crippen LogP) is 0.254. The van der Waals surface area contributed by atoms with Crippen molar-refractivity contribution < 1.29 is 9.59 Å². The van der Waals surface area contributed by atoms with Crippen molar-refractivity contribution in [1.82, 2.24) is 15.5 Å². The summed E-state index contributed by atoms with van der Waals surface area (Å²) in [5, 5.41) is 6.22. The quantitative estimate of drug-likeness (QED) is 0.758. The summed E-state index contributed by atoms with van der Waals surface area (Å²) in [6.07, 6.45) is 3.09. The van der Waals surface area contributed by atoms with E-state index in [9.17, 15) is 9.59 Å². The van der Waals surface area contributed by atoms with Gasteiger partial charge in [-0.3, -0.25) is 9.59 Å². The summed E-state index contributed by atoms with van der Waals surface area (Å²) in [6, 6.07) is 0.121. The van der Waals surface area contributed by atoms with Gasteiger partial charge in [-0.15, -0.1) is 0 Å². The molecule has 0 saturated carbocycles. The second-order valence-electron chi connectivity index (χ2n) is 5.50. The molecule has 0 aromatic rings. The normalized spacial score (nSPS) is 25.8. The molecule has 0 aromatic heterocycles. The van der Waals surface area contributed by atoms with Crippen molar-refractivity contribution in [3.05, 3.63) is 0 Å². The van der Waals surface area contributed by atoms with Gasteiger partial charge in [0.15, 0.2) is 0 Å². The average molecular weight is 253 g/mol. The van der Waals surface area contributed by atoms with E-state index < -0.39 is 0 Å². The lowest BCUT2D eigenvalue weighted by atomic mass is 10.0. The Morgan fingerprint density at radius 2 is 2.00 bits per heavy atom. The van der Waals surface area contributed by atoms with Crippen LogP contribution in [0.15, 0.2) is 0 Å². The molecule has 102 valence electrons. The lowest BCUT2D eigenvalue weighted by Crippen LogP contribution is -2.53. The van der Waals surface area contributed by atoms with Gasteiger partial charge in [-0.2, -0.15) is 0 Å². The fourth-order valence-electron chi connectivity index (χ4n) is 2.88. The minimum absolute atomic E-state index is 0.00869. The number of piperidine rings is 1. The molecule has 5 nitrogen and oxygen atoms in total. The van der Waals surface area contributed by atoms with E-state index in [0.29, 0.717) is 12.8 Å². The molecule has 2 saturated heterocycles. The third kappa shape index (κ3) is 2.83. The number of hydrogen-bond acceptors (Lipinski definition) is 3. The molecule has 2 fully saturated rings. The van der Waals surface area contributed by atoms with Crippen molar-refractivity contribution >= 4 is 11.8 Å². The first kappa shape index (κ1) is 13.3. The Kier molecular flexibility index (Phi) is 4.22. The third-order valence-electron chi connectivity index (χ3n) is 3.69. The van der Waals surface area contributed by atoms with Crippen molar-refractivity contribution in [2.45, 2.75) is 57.7 Å². The molecule has 0 aromatic carbocycles. The Balaban J connectivity index is 2.04. The van der Waals surface area contributed by atoms with Crippen molar-refractivity contribution in [2.75, 3.05) is 13.1 Å². The molecule has 2 amide bonds. The van der Waals surface area contributed by atoms with E-state index in [1.807, 2.05) is 18.7 Å².